The highest BCUT2D eigenvalue weighted by Gasteiger charge is 2.21. The van der Waals surface area contributed by atoms with Crippen molar-refractivity contribution < 1.29 is 14.4 Å². The number of thiol groups is 1. The van der Waals surface area contributed by atoms with E-state index in [4.69, 9.17) is 9.59 Å². The number of nitrogens with zero attached hydrogens (tertiary/aromatic N) is 1. The lowest BCUT2D eigenvalue weighted by atomic mass is 10.2. The Hall–Kier alpha value is -0.800. The summed E-state index contributed by atoms with van der Waals surface area (Å²) in [6.45, 7) is 3.85. The molecule has 0 N–H and O–H groups in total. The van der Waals surface area contributed by atoms with Gasteiger partial charge in [0.25, 0.3) is 0 Å². The SMILES string of the molecule is CC(CS)C(=O)N1CCCC1.O=C=O. The van der Waals surface area contributed by atoms with E-state index >= 15 is 0 Å². The third-order valence-corrected chi connectivity index (χ3v) is 2.66. The molecule has 0 saturated carbocycles. The fraction of sp³-hybridized carbons (Fsp3) is 0.778. The van der Waals surface area contributed by atoms with Crippen molar-refractivity contribution >= 4 is 24.7 Å². The standard InChI is InChI=1S/C8H15NOS.CO2/c1-7(6-11)8(10)9-4-2-3-5-9;2-1-3/h7,11H,2-6H2,1H3;. The highest BCUT2D eigenvalue weighted by atomic mass is 32.1. The van der Waals surface area contributed by atoms with Gasteiger partial charge in [0.1, 0.15) is 0 Å². The van der Waals surface area contributed by atoms with Crippen LogP contribution in [-0.4, -0.2) is 35.8 Å². The molecule has 14 heavy (non-hydrogen) atoms. The molecule has 1 heterocycles. The average molecular weight is 217 g/mol. The first-order valence-electron chi connectivity index (χ1n) is 4.56. The number of amides is 1. The monoisotopic (exact) mass is 217 g/mol. The van der Waals surface area contributed by atoms with Gasteiger partial charge in [-0.2, -0.15) is 22.2 Å². The third-order valence-electron chi connectivity index (χ3n) is 2.11. The van der Waals surface area contributed by atoms with Crippen molar-refractivity contribution in [2.75, 3.05) is 18.8 Å². The van der Waals surface area contributed by atoms with E-state index in [9.17, 15) is 4.79 Å². The maximum atomic E-state index is 11.5. The first-order chi connectivity index (χ1) is 6.67. The molecule has 0 aromatic carbocycles. The Bertz CT molecular complexity index is 208. The Morgan fingerprint density at radius 2 is 1.86 bits per heavy atom. The Kier molecular flexibility index (Phi) is 7.16. The molecule has 0 bridgehead atoms. The molecule has 0 aromatic heterocycles. The van der Waals surface area contributed by atoms with Gasteiger partial charge < -0.3 is 4.90 Å². The number of hydrogen-bond donors (Lipinski definition) is 1. The quantitative estimate of drug-likeness (QED) is 0.689. The van der Waals surface area contributed by atoms with Gasteiger partial charge in [-0.15, -0.1) is 0 Å². The smallest absolute Gasteiger partial charge is 0.342 e. The molecule has 0 aromatic rings. The zero-order valence-electron chi connectivity index (χ0n) is 8.23. The summed E-state index contributed by atoms with van der Waals surface area (Å²) >= 11 is 4.10. The lowest BCUT2D eigenvalue weighted by Crippen LogP contribution is -2.33. The summed E-state index contributed by atoms with van der Waals surface area (Å²) in [5.74, 6) is 1.03. The van der Waals surface area contributed by atoms with Crippen LogP contribution < -0.4 is 0 Å². The van der Waals surface area contributed by atoms with Crippen LogP contribution in [0.1, 0.15) is 19.8 Å². The summed E-state index contributed by atoms with van der Waals surface area (Å²) in [4.78, 5) is 29.6. The van der Waals surface area contributed by atoms with Crippen LogP contribution in [0, 0.1) is 5.92 Å². The van der Waals surface area contributed by atoms with Gasteiger partial charge >= 0.3 is 6.15 Å². The van der Waals surface area contributed by atoms with Crippen LogP contribution in [0.4, 0.5) is 0 Å². The van der Waals surface area contributed by atoms with Crippen molar-refractivity contribution in [3.63, 3.8) is 0 Å². The van der Waals surface area contributed by atoms with E-state index in [-0.39, 0.29) is 18.0 Å². The van der Waals surface area contributed by atoms with Crippen LogP contribution >= 0.6 is 12.6 Å². The summed E-state index contributed by atoms with van der Waals surface area (Å²) in [7, 11) is 0. The molecule has 1 unspecified atom stereocenters. The van der Waals surface area contributed by atoms with Crippen LogP contribution in [0.2, 0.25) is 0 Å². The van der Waals surface area contributed by atoms with Gasteiger partial charge in [-0.1, -0.05) is 6.92 Å². The van der Waals surface area contributed by atoms with E-state index in [1.165, 1.54) is 12.8 Å². The van der Waals surface area contributed by atoms with Gasteiger partial charge in [-0.25, -0.2) is 0 Å². The van der Waals surface area contributed by atoms with Crippen LogP contribution in [0.5, 0.6) is 0 Å². The fourth-order valence-corrected chi connectivity index (χ4v) is 1.48. The molecule has 1 atom stereocenters. The molecule has 1 saturated heterocycles. The second-order valence-corrected chi connectivity index (χ2v) is 3.56. The highest BCUT2D eigenvalue weighted by molar-refractivity contribution is 7.80. The fourth-order valence-electron chi connectivity index (χ4n) is 1.33. The molecule has 4 nitrogen and oxygen atoms in total. The van der Waals surface area contributed by atoms with Gasteiger partial charge in [0, 0.05) is 24.8 Å². The zero-order chi connectivity index (χ0) is 11.0. The Morgan fingerprint density at radius 3 is 2.21 bits per heavy atom. The van der Waals surface area contributed by atoms with Crippen molar-refractivity contribution in [2.24, 2.45) is 5.92 Å². The second kappa shape index (κ2) is 7.59. The lowest BCUT2D eigenvalue weighted by molar-refractivity contribution is -0.191. The highest BCUT2D eigenvalue weighted by Crippen LogP contribution is 2.12. The first-order valence-corrected chi connectivity index (χ1v) is 5.19. The lowest BCUT2D eigenvalue weighted by Gasteiger charge is -2.18. The minimum atomic E-state index is 0.0939. The van der Waals surface area contributed by atoms with E-state index in [0.717, 1.165) is 13.1 Å². The maximum absolute atomic E-state index is 11.5. The zero-order valence-corrected chi connectivity index (χ0v) is 9.13. The van der Waals surface area contributed by atoms with Crippen molar-refractivity contribution in [3.05, 3.63) is 0 Å². The molecule has 80 valence electrons. The predicted octanol–water partition coefficient (Wildman–Crippen LogP) is 0.591. The minimum absolute atomic E-state index is 0.0939. The Morgan fingerprint density at radius 1 is 1.43 bits per heavy atom. The molecule has 0 radical (unpaired) electrons. The van der Waals surface area contributed by atoms with Crippen molar-refractivity contribution in [2.45, 2.75) is 19.8 Å². The van der Waals surface area contributed by atoms with Crippen LogP contribution in [0.25, 0.3) is 0 Å². The van der Waals surface area contributed by atoms with Crippen molar-refractivity contribution in [1.29, 1.82) is 0 Å². The molecule has 5 heteroatoms. The number of hydrogen-bond acceptors (Lipinski definition) is 4. The van der Waals surface area contributed by atoms with Crippen LogP contribution in [0.3, 0.4) is 0 Å². The minimum Gasteiger partial charge on any atom is -0.342 e. The molecule has 1 amide bonds. The van der Waals surface area contributed by atoms with Gasteiger partial charge in [0.2, 0.25) is 5.91 Å². The summed E-state index contributed by atoms with van der Waals surface area (Å²) in [6.07, 6.45) is 2.59. The number of carbonyl (C=O) groups excluding carboxylic acids is 3. The Balaban J connectivity index is 0.000000500. The molecular formula is C9H15NO3S. The summed E-state index contributed by atoms with van der Waals surface area (Å²) in [5.41, 5.74) is 0. The number of rotatable bonds is 2. The number of likely N-dealkylation sites (tertiary alicyclic amines) is 1. The van der Waals surface area contributed by atoms with Crippen LogP contribution in [-0.2, 0) is 14.4 Å². The molecule has 0 aliphatic carbocycles. The maximum Gasteiger partial charge on any atom is 0.373 e. The Labute approximate surface area is 89.1 Å². The van der Waals surface area contributed by atoms with Crippen LogP contribution in [0.15, 0.2) is 0 Å². The molecular weight excluding hydrogens is 202 g/mol. The molecule has 1 rings (SSSR count). The molecule has 1 fully saturated rings. The van der Waals surface area contributed by atoms with Gasteiger partial charge in [-0.05, 0) is 12.8 Å². The van der Waals surface area contributed by atoms with E-state index in [2.05, 4.69) is 12.6 Å². The van der Waals surface area contributed by atoms with E-state index in [1.54, 1.807) is 0 Å². The van der Waals surface area contributed by atoms with Gasteiger partial charge in [0.15, 0.2) is 0 Å². The summed E-state index contributed by atoms with van der Waals surface area (Å²) < 4.78 is 0. The largest absolute Gasteiger partial charge is 0.373 e. The third kappa shape index (κ3) is 4.44. The second-order valence-electron chi connectivity index (χ2n) is 3.20. The predicted molar refractivity (Wildman–Crippen MR) is 53.8 cm³/mol. The van der Waals surface area contributed by atoms with Gasteiger partial charge in [0.05, 0.1) is 0 Å². The molecule has 0 spiro atoms. The van der Waals surface area contributed by atoms with E-state index < -0.39 is 0 Å². The summed E-state index contributed by atoms with van der Waals surface area (Å²) in [6, 6.07) is 0. The van der Waals surface area contributed by atoms with Crippen molar-refractivity contribution in [1.82, 2.24) is 4.90 Å². The normalized spacial score (nSPS) is 16.6. The first kappa shape index (κ1) is 13.2. The van der Waals surface area contributed by atoms with E-state index in [0.29, 0.717) is 5.75 Å². The molecule has 1 aliphatic heterocycles. The van der Waals surface area contributed by atoms with Gasteiger partial charge in [-0.3, -0.25) is 4.79 Å². The number of carbonyl (C=O) groups is 1. The molecule has 1 aliphatic rings. The van der Waals surface area contributed by atoms with Crippen molar-refractivity contribution in [3.8, 4) is 0 Å². The summed E-state index contributed by atoms with van der Waals surface area (Å²) in [5, 5.41) is 0. The van der Waals surface area contributed by atoms with E-state index in [1.807, 2.05) is 11.8 Å². The topological polar surface area (TPSA) is 54.5 Å². The average Bonchev–Trinajstić information content (AvgIpc) is 2.69.